The zero-order valence-corrected chi connectivity index (χ0v) is 22.4. The first-order valence-electron chi connectivity index (χ1n) is 10.4. The van der Waals surface area contributed by atoms with Gasteiger partial charge in [-0.05, 0) is 31.9 Å². The third-order valence-electron chi connectivity index (χ3n) is 4.92. The Morgan fingerprint density at radius 1 is 0.833 bits per heavy atom. The molecule has 0 bridgehead atoms. The molecule has 157 valence electrons. The molecule has 3 rings (SSSR count). The molecular weight excluding hydrogens is 517 g/mol. The van der Waals surface area contributed by atoms with E-state index in [2.05, 4.69) is 46.1 Å². The third-order valence-corrected chi connectivity index (χ3v) is 13.8. The van der Waals surface area contributed by atoms with E-state index in [1.165, 1.54) is 14.6 Å². The summed E-state index contributed by atoms with van der Waals surface area (Å²) in [5, 5.41) is 0. The Hall–Kier alpha value is -1.31. The van der Waals surface area contributed by atoms with E-state index in [9.17, 15) is 9.59 Å². The van der Waals surface area contributed by atoms with Crippen LogP contribution in [0.25, 0.3) is 0 Å². The van der Waals surface area contributed by atoms with Gasteiger partial charge in [-0.25, -0.2) is 0 Å². The topological polar surface area (TPSA) is 47.0 Å². The second-order valence-electron chi connectivity index (χ2n) is 7.74. The molecular formula is C24H28NO2S2Sn. The van der Waals surface area contributed by atoms with Crippen molar-refractivity contribution in [2.24, 2.45) is 0 Å². The van der Waals surface area contributed by atoms with Crippen molar-refractivity contribution >= 4 is 56.9 Å². The summed E-state index contributed by atoms with van der Waals surface area (Å²) in [7, 11) is 0. The molecule has 0 aromatic carbocycles. The molecule has 0 unspecified atom stereocenters. The molecule has 0 aliphatic carbocycles. The molecule has 0 aliphatic heterocycles. The van der Waals surface area contributed by atoms with Crippen LogP contribution < -0.4 is 2.89 Å². The summed E-state index contributed by atoms with van der Waals surface area (Å²) in [5.74, 6) is 0.0428. The van der Waals surface area contributed by atoms with Gasteiger partial charge in [0.15, 0.2) is 0 Å². The van der Waals surface area contributed by atoms with Crippen molar-refractivity contribution in [1.82, 2.24) is 4.98 Å². The van der Waals surface area contributed by atoms with Crippen molar-refractivity contribution in [2.45, 2.75) is 55.3 Å². The van der Waals surface area contributed by atoms with Crippen molar-refractivity contribution < 1.29 is 9.59 Å². The van der Waals surface area contributed by atoms with Gasteiger partial charge in [-0.2, -0.15) is 0 Å². The fraction of sp³-hybridized carbons (Fsp3) is 0.375. The van der Waals surface area contributed by atoms with Crippen LogP contribution in [-0.4, -0.2) is 36.3 Å². The summed E-state index contributed by atoms with van der Waals surface area (Å²) < 4.78 is 1.58. The minimum atomic E-state index is -1.28. The standard InChI is InChI=1S/C22H22NO2S2.2CH3.Sn/c1-16-13-14-18(27-16)7-3-12-22(25)20-10-4-9-19(23-20)21(24)11-2-6-17-8-5-15-26-17;;;/h4-5,8-10,13-14H,2-3,6-7,11-12H2,1H3;2*1H3;. The first kappa shape index (κ1) is 23.4. The van der Waals surface area contributed by atoms with Crippen LogP contribution >= 0.6 is 22.7 Å². The molecule has 0 atom stereocenters. The van der Waals surface area contributed by atoms with Crippen molar-refractivity contribution in [1.29, 1.82) is 0 Å². The molecule has 3 nitrogen and oxygen atoms in total. The van der Waals surface area contributed by atoms with Gasteiger partial charge in [0.2, 0.25) is 0 Å². The van der Waals surface area contributed by atoms with Crippen LogP contribution in [0.15, 0.2) is 42.5 Å². The van der Waals surface area contributed by atoms with E-state index in [1.54, 1.807) is 32.4 Å². The molecule has 0 saturated heterocycles. The minimum Gasteiger partial charge on any atom is -0.146 e. The molecule has 0 aliphatic rings. The maximum absolute atomic E-state index is 12.6. The van der Waals surface area contributed by atoms with Gasteiger partial charge in [-0.15, -0.1) is 11.3 Å². The second-order valence-corrected chi connectivity index (χ2v) is 18.6. The van der Waals surface area contributed by atoms with Gasteiger partial charge < -0.3 is 0 Å². The maximum Gasteiger partial charge on any atom is -0.146 e. The largest absolute Gasteiger partial charge is 0.146 e. The normalized spacial score (nSPS) is 11.2. The quantitative estimate of drug-likeness (QED) is 0.223. The Balaban J connectivity index is 1.48. The Morgan fingerprint density at radius 3 is 1.90 bits per heavy atom. The van der Waals surface area contributed by atoms with Crippen LogP contribution in [-0.2, 0) is 12.8 Å². The van der Waals surface area contributed by atoms with Crippen molar-refractivity contribution in [3.63, 3.8) is 0 Å². The maximum atomic E-state index is 12.6. The van der Waals surface area contributed by atoms with Gasteiger partial charge in [0.1, 0.15) is 0 Å². The number of aromatic nitrogens is 1. The molecule has 3 aromatic rings. The number of hydrogen-bond acceptors (Lipinski definition) is 5. The number of carbonyl (C=O) groups excluding carboxylic acids is 2. The molecule has 6 heteroatoms. The van der Waals surface area contributed by atoms with Crippen LogP contribution in [0.3, 0.4) is 0 Å². The van der Waals surface area contributed by atoms with E-state index in [4.69, 9.17) is 0 Å². The van der Waals surface area contributed by atoms with E-state index in [-0.39, 0.29) is 11.6 Å². The average molecular weight is 545 g/mol. The number of pyridine rings is 1. The monoisotopic (exact) mass is 546 g/mol. The van der Waals surface area contributed by atoms with Gasteiger partial charge in [0.05, 0.1) is 0 Å². The van der Waals surface area contributed by atoms with E-state index in [0.29, 0.717) is 24.2 Å². The molecule has 3 heterocycles. The van der Waals surface area contributed by atoms with Gasteiger partial charge in [0, 0.05) is 9.75 Å². The molecule has 30 heavy (non-hydrogen) atoms. The number of nitrogens with zero attached hydrogens (tertiary/aromatic N) is 1. The Morgan fingerprint density at radius 2 is 1.40 bits per heavy atom. The smallest absolute Gasteiger partial charge is 0.146 e. The van der Waals surface area contributed by atoms with Crippen LogP contribution in [0.4, 0.5) is 0 Å². The first-order valence-corrected chi connectivity index (χ1v) is 19.2. The summed E-state index contributed by atoms with van der Waals surface area (Å²) in [6.07, 6.45) is 4.41. The third kappa shape index (κ3) is 6.85. The molecule has 0 N–H and O–H groups in total. The van der Waals surface area contributed by atoms with Gasteiger partial charge >= 0.3 is 142 Å². The summed E-state index contributed by atoms with van der Waals surface area (Å²) in [5.41, 5.74) is 0.828. The molecule has 1 radical (unpaired) electrons. The van der Waals surface area contributed by atoms with Crippen LogP contribution in [0.1, 0.15) is 61.3 Å². The minimum absolute atomic E-state index is 0.0172. The van der Waals surface area contributed by atoms with Crippen molar-refractivity contribution in [3.05, 3.63) is 68.5 Å². The zero-order chi connectivity index (χ0) is 21.5. The van der Waals surface area contributed by atoms with Crippen LogP contribution in [0.5, 0.6) is 0 Å². The second kappa shape index (κ2) is 11.3. The molecule has 3 aromatic heterocycles. The first-order chi connectivity index (χ1) is 14.4. The van der Waals surface area contributed by atoms with Gasteiger partial charge in [-0.1, -0.05) is 0 Å². The number of hydrogen-bond donors (Lipinski definition) is 0. The molecule has 0 amide bonds. The van der Waals surface area contributed by atoms with E-state index in [0.717, 1.165) is 25.7 Å². The number of ketones is 2. The number of carbonyl (C=O) groups is 2. The Labute approximate surface area is 194 Å². The number of rotatable bonds is 11. The average Bonchev–Trinajstić information content (AvgIpc) is 3.37. The fourth-order valence-electron chi connectivity index (χ4n) is 3.25. The van der Waals surface area contributed by atoms with E-state index >= 15 is 0 Å². The molecule has 0 fully saturated rings. The van der Waals surface area contributed by atoms with Crippen molar-refractivity contribution in [2.75, 3.05) is 0 Å². The zero-order valence-electron chi connectivity index (χ0n) is 17.9. The fourth-order valence-corrected chi connectivity index (χ4v) is 9.25. The summed E-state index contributed by atoms with van der Waals surface area (Å²) in [6.45, 7) is 2.09. The molecule has 0 spiro atoms. The SMILES string of the molecule is Cc1ccc(CCCC(=O)c2cccc(C(=O)CCCc3cc[c]([Sn]([CH3])[CH3])s3)n2)s1. The molecule has 0 saturated carbocycles. The van der Waals surface area contributed by atoms with E-state index < -0.39 is 19.8 Å². The predicted molar refractivity (Wildman–Crippen MR) is 129 cm³/mol. The van der Waals surface area contributed by atoms with Crippen LogP contribution in [0, 0.1) is 6.92 Å². The number of thiophene rings is 2. The van der Waals surface area contributed by atoms with Gasteiger partial charge in [0.25, 0.3) is 0 Å². The van der Waals surface area contributed by atoms with Crippen molar-refractivity contribution in [3.8, 4) is 0 Å². The van der Waals surface area contributed by atoms with Gasteiger partial charge in [-0.3, -0.25) is 0 Å². The van der Waals surface area contributed by atoms with Crippen LogP contribution in [0.2, 0.25) is 9.88 Å². The Kier molecular flexibility index (Phi) is 8.83. The summed E-state index contributed by atoms with van der Waals surface area (Å²) in [6, 6.07) is 14.0. The summed E-state index contributed by atoms with van der Waals surface area (Å²) >= 11 is 2.42. The number of aryl methyl sites for hydroxylation is 3. The van der Waals surface area contributed by atoms with E-state index in [1.807, 2.05) is 11.3 Å². The predicted octanol–water partition coefficient (Wildman–Crippen LogP) is 5.89. The Bertz CT molecular complexity index is 1010. The number of Topliss-reactive ketones (excluding diaryl/α,β-unsaturated/α-hetero) is 2. The summed E-state index contributed by atoms with van der Waals surface area (Å²) in [4.78, 5) is 38.2.